The van der Waals surface area contributed by atoms with Gasteiger partial charge < -0.3 is 33.4 Å². The minimum absolute atomic E-state index is 0.412. The van der Waals surface area contributed by atoms with Gasteiger partial charge in [-0.1, -0.05) is 0 Å². The Morgan fingerprint density at radius 1 is 1.12 bits per heavy atom. The maximum Gasteiger partial charge on any atom is 0.320 e. The summed E-state index contributed by atoms with van der Waals surface area (Å²) in [6.07, 6.45) is 1.76. The lowest BCUT2D eigenvalue weighted by Gasteiger charge is -2.05. The van der Waals surface area contributed by atoms with Crippen LogP contribution < -0.4 is 28.3 Å². The minimum atomic E-state index is -0.997. The highest BCUT2D eigenvalue weighted by Gasteiger charge is 2.09. The Balaban J connectivity index is 0. The van der Waals surface area contributed by atoms with Crippen LogP contribution in [0.15, 0.2) is 0 Å². The first-order valence-corrected chi connectivity index (χ1v) is 4.84. The van der Waals surface area contributed by atoms with Gasteiger partial charge in [0.15, 0.2) is 0 Å². The van der Waals surface area contributed by atoms with Crippen LogP contribution in [-0.4, -0.2) is 35.7 Å². The Morgan fingerprint density at radius 2 is 1.59 bits per heavy atom. The molecule has 0 aliphatic rings. The molecule has 0 aromatic carbocycles. The van der Waals surface area contributed by atoms with Crippen LogP contribution in [0.2, 0.25) is 0 Å². The maximum absolute atomic E-state index is 10.3. The highest BCUT2D eigenvalue weighted by atomic mass is 16.4. The molecule has 0 spiro atoms. The number of rotatable bonds is 6. The van der Waals surface area contributed by atoms with Crippen LogP contribution in [0.1, 0.15) is 19.3 Å². The average molecular weight is 249 g/mol. The molecule has 17 heavy (non-hydrogen) atoms. The van der Waals surface area contributed by atoms with Gasteiger partial charge in [-0.15, -0.1) is 0 Å². The van der Waals surface area contributed by atoms with Crippen molar-refractivity contribution in [2.75, 3.05) is 6.54 Å². The van der Waals surface area contributed by atoms with Gasteiger partial charge in [0.2, 0.25) is 0 Å². The van der Waals surface area contributed by atoms with Crippen molar-refractivity contribution >= 4 is 18.0 Å². The number of amides is 4. The molecule has 0 heterocycles. The fourth-order valence-corrected chi connectivity index (χ4v) is 0.824. The molecular weight excluding hydrogens is 230 g/mol. The quantitative estimate of drug-likeness (QED) is 0.304. The predicted molar refractivity (Wildman–Crippen MR) is 60.8 cm³/mol. The number of hydrogen-bond donors (Lipinski definition) is 6. The standard InChI is InChI=1S/C7H15N3O3.CH4N2O/c8-5(6(11)12)3-1-2-4-10-7(9)13;2-1(3)4/h5H,1-4,8H2,(H,11,12)(H3,9,10,13);(H4,2,3,4). The van der Waals surface area contributed by atoms with Gasteiger partial charge in [-0.25, -0.2) is 9.59 Å². The number of hydrogen-bond acceptors (Lipinski definition) is 4. The molecule has 10 N–H and O–H groups in total. The molecular formula is C8H19N5O4. The molecule has 100 valence electrons. The van der Waals surface area contributed by atoms with E-state index < -0.39 is 24.1 Å². The highest BCUT2D eigenvalue weighted by molar-refractivity contribution is 5.73. The SMILES string of the molecule is NC(=O)NCCCCC(N)C(=O)O.NC(N)=O. The molecule has 0 saturated carbocycles. The van der Waals surface area contributed by atoms with Gasteiger partial charge in [-0.05, 0) is 19.3 Å². The monoisotopic (exact) mass is 249 g/mol. The number of nitrogens with two attached hydrogens (primary N) is 4. The van der Waals surface area contributed by atoms with Crippen molar-refractivity contribution in [2.24, 2.45) is 22.9 Å². The van der Waals surface area contributed by atoms with Crippen molar-refractivity contribution in [2.45, 2.75) is 25.3 Å². The minimum Gasteiger partial charge on any atom is -0.480 e. The Kier molecular flexibility index (Phi) is 10.7. The number of carbonyl (C=O) groups is 3. The van der Waals surface area contributed by atoms with E-state index in [1.54, 1.807) is 0 Å². The van der Waals surface area contributed by atoms with Crippen molar-refractivity contribution in [1.29, 1.82) is 0 Å². The first kappa shape index (κ1) is 17.4. The lowest BCUT2D eigenvalue weighted by atomic mass is 10.1. The lowest BCUT2D eigenvalue weighted by Crippen LogP contribution is -2.31. The molecule has 0 aromatic rings. The second-order valence-corrected chi connectivity index (χ2v) is 3.13. The van der Waals surface area contributed by atoms with E-state index in [1.165, 1.54) is 0 Å². The zero-order chi connectivity index (χ0) is 13.8. The van der Waals surface area contributed by atoms with E-state index in [1.807, 2.05) is 0 Å². The fourth-order valence-electron chi connectivity index (χ4n) is 0.824. The second kappa shape index (κ2) is 10.5. The third kappa shape index (κ3) is 20.1. The molecule has 0 rings (SSSR count). The van der Waals surface area contributed by atoms with E-state index in [0.717, 1.165) is 0 Å². The summed E-state index contributed by atoms with van der Waals surface area (Å²) in [4.78, 5) is 29.5. The van der Waals surface area contributed by atoms with Crippen molar-refractivity contribution < 1.29 is 19.5 Å². The van der Waals surface area contributed by atoms with Crippen LogP contribution in [-0.2, 0) is 4.79 Å². The number of aliphatic carboxylic acids is 1. The van der Waals surface area contributed by atoms with Gasteiger partial charge in [0, 0.05) is 6.54 Å². The smallest absolute Gasteiger partial charge is 0.320 e. The van der Waals surface area contributed by atoms with Crippen LogP contribution in [0.25, 0.3) is 0 Å². The topological polar surface area (TPSA) is 188 Å². The second-order valence-electron chi connectivity index (χ2n) is 3.13. The Hall–Kier alpha value is -2.03. The Morgan fingerprint density at radius 3 is 1.94 bits per heavy atom. The molecule has 9 nitrogen and oxygen atoms in total. The van der Waals surface area contributed by atoms with Crippen LogP contribution in [0.5, 0.6) is 0 Å². The molecule has 0 radical (unpaired) electrons. The molecule has 9 heteroatoms. The summed E-state index contributed by atoms with van der Waals surface area (Å²) in [7, 11) is 0. The Bertz CT molecular complexity index is 254. The first-order chi connectivity index (χ1) is 7.77. The van der Waals surface area contributed by atoms with Gasteiger partial charge >= 0.3 is 18.0 Å². The number of primary amides is 3. The normalized spacial score (nSPS) is 10.6. The van der Waals surface area contributed by atoms with Crippen LogP contribution in [0.3, 0.4) is 0 Å². The number of carboxylic acid groups (broad SMARTS) is 1. The zero-order valence-corrected chi connectivity index (χ0v) is 9.39. The highest BCUT2D eigenvalue weighted by Crippen LogP contribution is 1.97. The van der Waals surface area contributed by atoms with Gasteiger partial charge in [-0.3, -0.25) is 4.79 Å². The molecule has 1 atom stereocenters. The summed E-state index contributed by atoms with van der Waals surface area (Å²) in [5.74, 6) is -0.997. The van der Waals surface area contributed by atoms with Crippen molar-refractivity contribution in [1.82, 2.24) is 5.32 Å². The van der Waals surface area contributed by atoms with Crippen molar-refractivity contribution in [3.63, 3.8) is 0 Å². The summed E-state index contributed by atoms with van der Waals surface area (Å²) in [5, 5.41) is 10.8. The average Bonchev–Trinajstić information content (AvgIpc) is 2.15. The van der Waals surface area contributed by atoms with Gasteiger partial charge in [0.1, 0.15) is 6.04 Å². The molecule has 1 unspecified atom stereocenters. The van der Waals surface area contributed by atoms with E-state index in [2.05, 4.69) is 16.8 Å². The molecule has 0 bridgehead atoms. The van der Waals surface area contributed by atoms with E-state index in [9.17, 15) is 9.59 Å². The third-order valence-electron chi connectivity index (χ3n) is 1.56. The largest absolute Gasteiger partial charge is 0.480 e. The summed E-state index contributed by atoms with van der Waals surface area (Å²) < 4.78 is 0. The maximum atomic E-state index is 10.3. The van der Waals surface area contributed by atoms with Crippen molar-refractivity contribution in [3.8, 4) is 0 Å². The van der Waals surface area contributed by atoms with E-state index in [-0.39, 0.29) is 0 Å². The summed E-state index contributed by atoms with van der Waals surface area (Å²) >= 11 is 0. The summed E-state index contributed by atoms with van der Waals surface area (Å²) in [5.41, 5.74) is 18.6. The molecule has 4 amide bonds. The molecule has 0 aliphatic heterocycles. The summed E-state index contributed by atoms with van der Waals surface area (Å²) in [6, 6.07) is -2.21. The van der Waals surface area contributed by atoms with Gasteiger partial charge in [-0.2, -0.15) is 0 Å². The van der Waals surface area contributed by atoms with Crippen molar-refractivity contribution in [3.05, 3.63) is 0 Å². The van der Waals surface area contributed by atoms with Gasteiger partial charge in [0.25, 0.3) is 0 Å². The number of carboxylic acids is 1. The van der Waals surface area contributed by atoms with Crippen LogP contribution >= 0.6 is 0 Å². The first-order valence-electron chi connectivity index (χ1n) is 4.84. The molecule has 0 saturated heterocycles. The number of carbonyl (C=O) groups excluding carboxylic acids is 2. The van der Waals surface area contributed by atoms with E-state index in [4.69, 9.17) is 21.4 Å². The lowest BCUT2D eigenvalue weighted by molar-refractivity contribution is -0.138. The third-order valence-corrected chi connectivity index (χ3v) is 1.56. The van der Waals surface area contributed by atoms with E-state index >= 15 is 0 Å². The predicted octanol–water partition coefficient (Wildman–Crippen LogP) is -1.74. The number of urea groups is 2. The molecule has 0 fully saturated rings. The molecule has 0 aromatic heterocycles. The summed E-state index contributed by atoms with van der Waals surface area (Å²) in [6.45, 7) is 0.460. The van der Waals surface area contributed by atoms with Crippen LogP contribution in [0, 0.1) is 0 Å². The van der Waals surface area contributed by atoms with Gasteiger partial charge in [0.05, 0.1) is 0 Å². The van der Waals surface area contributed by atoms with Crippen LogP contribution in [0.4, 0.5) is 9.59 Å². The zero-order valence-electron chi connectivity index (χ0n) is 9.39. The number of nitrogens with one attached hydrogen (secondary N) is 1. The number of unbranched alkanes of at least 4 members (excludes halogenated alkanes) is 1. The molecule has 0 aliphatic carbocycles. The van der Waals surface area contributed by atoms with E-state index in [0.29, 0.717) is 25.8 Å². The fraction of sp³-hybridized carbons (Fsp3) is 0.625. The Labute approximate surface area is 98.5 Å².